The summed E-state index contributed by atoms with van der Waals surface area (Å²) >= 11 is 0. The van der Waals surface area contributed by atoms with E-state index in [1.165, 1.54) is 0 Å². The molecule has 0 saturated heterocycles. The Kier molecular flexibility index (Phi) is 2.09. The Morgan fingerprint density at radius 2 is 2.00 bits per heavy atom. The Bertz CT molecular complexity index is 96.2. The molecule has 48 valence electrons. The zero-order valence-corrected chi connectivity index (χ0v) is 4.71. The van der Waals surface area contributed by atoms with Crippen LogP contribution in [0.2, 0.25) is 0 Å². The summed E-state index contributed by atoms with van der Waals surface area (Å²) < 4.78 is 3.96. The van der Waals surface area contributed by atoms with Crippen molar-refractivity contribution in [2.75, 3.05) is 7.11 Å². The van der Waals surface area contributed by atoms with Crippen LogP contribution in [0.25, 0.3) is 0 Å². The lowest BCUT2D eigenvalue weighted by Crippen LogP contribution is -2.38. The highest BCUT2D eigenvalue weighted by atomic mass is 16.8. The van der Waals surface area contributed by atoms with Crippen molar-refractivity contribution < 1.29 is 19.7 Å². The number of carbonyl (C=O) groups is 1. The molecule has 0 rings (SSSR count). The van der Waals surface area contributed by atoms with Crippen LogP contribution >= 0.6 is 0 Å². The minimum absolute atomic E-state index is 0.833. The highest BCUT2D eigenvalue weighted by Crippen LogP contribution is 1.98. The molecule has 0 unspecified atom stereocenters. The number of rotatable bonds is 2. The van der Waals surface area contributed by atoms with Crippen molar-refractivity contribution in [3.8, 4) is 0 Å². The van der Waals surface area contributed by atoms with Crippen LogP contribution in [0.1, 0.15) is 6.92 Å². The van der Waals surface area contributed by atoms with Crippen LogP contribution in [0.3, 0.4) is 0 Å². The van der Waals surface area contributed by atoms with Gasteiger partial charge in [0.05, 0.1) is 0 Å². The average molecular weight is 120 g/mol. The molecule has 0 heterocycles. The number of Topliss-reactive ketones (excluding diaryl/α,β-unsaturated/α-hetero) is 1. The highest BCUT2D eigenvalue weighted by Gasteiger charge is 2.28. The Morgan fingerprint density at radius 1 is 1.62 bits per heavy atom. The number of aliphatic hydroxyl groups is 2. The molecular formula is C4H8O4. The monoisotopic (exact) mass is 120 g/mol. The van der Waals surface area contributed by atoms with Gasteiger partial charge in [0, 0.05) is 14.0 Å². The third-order valence-corrected chi connectivity index (χ3v) is 0.743. The first kappa shape index (κ1) is 7.55. The maximum absolute atomic E-state index is 10.1. The summed E-state index contributed by atoms with van der Waals surface area (Å²) in [5, 5.41) is 16.8. The first-order valence-corrected chi connectivity index (χ1v) is 2.01. The van der Waals surface area contributed by atoms with Gasteiger partial charge in [-0.05, 0) is 0 Å². The van der Waals surface area contributed by atoms with Gasteiger partial charge in [0.15, 0.2) is 0 Å². The normalized spacial score (nSPS) is 11.5. The van der Waals surface area contributed by atoms with Gasteiger partial charge in [-0.2, -0.15) is 0 Å². The van der Waals surface area contributed by atoms with Crippen molar-refractivity contribution in [2.45, 2.75) is 12.9 Å². The zero-order chi connectivity index (χ0) is 6.78. The fraction of sp³-hybridized carbons (Fsp3) is 0.750. The summed E-state index contributed by atoms with van der Waals surface area (Å²) in [5.41, 5.74) is 0. The Labute approximate surface area is 46.7 Å². The van der Waals surface area contributed by atoms with Crippen LogP contribution in [0.5, 0.6) is 0 Å². The third kappa shape index (κ3) is 1.57. The molecule has 0 atom stereocenters. The van der Waals surface area contributed by atoms with E-state index in [2.05, 4.69) is 4.74 Å². The van der Waals surface area contributed by atoms with E-state index in [9.17, 15) is 4.79 Å². The van der Waals surface area contributed by atoms with Gasteiger partial charge in [0.25, 0.3) is 0 Å². The molecule has 0 aliphatic heterocycles. The summed E-state index contributed by atoms with van der Waals surface area (Å²) in [6, 6.07) is 0. The lowest BCUT2D eigenvalue weighted by Gasteiger charge is -2.13. The maximum atomic E-state index is 10.1. The van der Waals surface area contributed by atoms with Gasteiger partial charge in [-0.1, -0.05) is 0 Å². The summed E-state index contributed by atoms with van der Waals surface area (Å²) in [7, 11) is 1.03. The predicted molar refractivity (Wildman–Crippen MR) is 24.9 cm³/mol. The number of ketones is 1. The maximum Gasteiger partial charge on any atom is 0.341 e. The Hall–Kier alpha value is -0.450. The lowest BCUT2D eigenvalue weighted by atomic mass is 10.4. The molecule has 0 amide bonds. The van der Waals surface area contributed by atoms with Gasteiger partial charge in [-0.15, -0.1) is 0 Å². The molecule has 0 aromatic heterocycles. The van der Waals surface area contributed by atoms with Crippen LogP contribution in [-0.4, -0.2) is 29.1 Å². The molecule has 0 aliphatic rings. The van der Waals surface area contributed by atoms with Crippen molar-refractivity contribution in [3.63, 3.8) is 0 Å². The quantitative estimate of drug-likeness (QED) is 0.452. The number of hydrogen-bond acceptors (Lipinski definition) is 4. The molecule has 0 bridgehead atoms. The number of carbonyl (C=O) groups excluding carboxylic acids is 1. The van der Waals surface area contributed by atoms with E-state index in [0.29, 0.717) is 0 Å². The third-order valence-electron chi connectivity index (χ3n) is 0.743. The van der Waals surface area contributed by atoms with Crippen molar-refractivity contribution in [3.05, 3.63) is 0 Å². The molecule has 0 aromatic rings. The fourth-order valence-electron chi connectivity index (χ4n) is 0.144. The molecule has 2 N–H and O–H groups in total. The van der Waals surface area contributed by atoms with E-state index in [1.807, 2.05) is 0 Å². The van der Waals surface area contributed by atoms with Gasteiger partial charge in [0.2, 0.25) is 5.78 Å². The largest absolute Gasteiger partial charge is 0.341 e. The average Bonchev–Trinajstić information content (AvgIpc) is 1.67. The SMILES string of the molecule is COC(O)(O)C(C)=O. The Morgan fingerprint density at radius 3 is 2.00 bits per heavy atom. The molecule has 0 saturated carbocycles. The predicted octanol–water partition coefficient (Wildman–Crippen LogP) is -1.14. The zero-order valence-electron chi connectivity index (χ0n) is 4.71. The van der Waals surface area contributed by atoms with Crippen LogP contribution in [0, 0.1) is 0 Å². The minimum Gasteiger partial charge on any atom is -0.337 e. The van der Waals surface area contributed by atoms with E-state index in [0.717, 1.165) is 14.0 Å². The van der Waals surface area contributed by atoms with E-state index in [1.54, 1.807) is 0 Å². The molecule has 4 nitrogen and oxygen atoms in total. The molecule has 0 aliphatic carbocycles. The van der Waals surface area contributed by atoms with E-state index in [-0.39, 0.29) is 0 Å². The van der Waals surface area contributed by atoms with Gasteiger partial charge in [0.1, 0.15) is 0 Å². The second-order valence-corrected chi connectivity index (χ2v) is 1.37. The molecule has 8 heavy (non-hydrogen) atoms. The second kappa shape index (κ2) is 2.21. The van der Waals surface area contributed by atoms with Crippen LogP contribution in [0.15, 0.2) is 0 Å². The van der Waals surface area contributed by atoms with E-state index < -0.39 is 11.8 Å². The van der Waals surface area contributed by atoms with E-state index in [4.69, 9.17) is 10.2 Å². The first-order valence-electron chi connectivity index (χ1n) is 2.01. The van der Waals surface area contributed by atoms with Crippen molar-refractivity contribution in [1.29, 1.82) is 0 Å². The van der Waals surface area contributed by atoms with Crippen LogP contribution in [-0.2, 0) is 9.53 Å². The smallest absolute Gasteiger partial charge is 0.337 e. The molecule has 0 fully saturated rings. The minimum atomic E-state index is -2.60. The van der Waals surface area contributed by atoms with Gasteiger partial charge < -0.3 is 14.9 Å². The van der Waals surface area contributed by atoms with Gasteiger partial charge in [-0.25, -0.2) is 0 Å². The van der Waals surface area contributed by atoms with Crippen LogP contribution in [0.4, 0.5) is 0 Å². The fourth-order valence-corrected chi connectivity index (χ4v) is 0.144. The summed E-state index contributed by atoms with van der Waals surface area (Å²) in [4.78, 5) is 10.1. The van der Waals surface area contributed by atoms with Crippen molar-refractivity contribution in [2.24, 2.45) is 0 Å². The number of hydrogen-bond donors (Lipinski definition) is 2. The van der Waals surface area contributed by atoms with Gasteiger partial charge >= 0.3 is 5.97 Å². The first-order chi connectivity index (χ1) is 3.50. The molecule has 0 radical (unpaired) electrons. The summed E-state index contributed by atoms with van der Waals surface area (Å²) in [5.74, 6) is -3.43. The van der Waals surface area contributed by atoms with Gasteiger partial charge in [-0.3, -0.25) is 4.79 Å². The van der Waals surface area contributed by atoms with Crippen LogP contribution < -0.4 is 0 Å². The molecule has 0 aromatic carbocycles. The van der Waals surface area contributed by atoms with E-state index >= 15 is 0 Å². The summed E-state index contributed by atoms with van der Waals surface area (Å²) in [6.07, 6.45) is 0. The topological polar surface area (TPSA) is 66.8 Å². The lowest BCUT2D eigenvalue weighted by molar-refractivity contribution is -0.299. The standard InChI is InChI=1S/C4H8O4/c1-3(5)4(6,7)8-2/h6-7H,1-2H3. The molecular weight excluding hydrogens is 112 g/mol. The number of methoxy groups -OCH3 is 1. The molecule has 0 spiro atoms. The van der Waals surface area contributed by atoms with Crippen molar-refractivity contribution >= 4 is 5.78 Å². The number of ether oxygens (including phenoxy) is 1. The highest BCUT2D eigenvalue weighted by molar-refractivity contribution is 5.81. The Balaban J connectivity index is 3.91. The molecule has 4 heteroatoms. The second-order valence-electron chi connectivity index (χ2n) is 1.37. The summed E-state index contributed by atoms with van der Waals surface area (Å²) in [6.45, 7) is 1.02. The van der Waals surface area contributed by atoms with Crippen molar-refractivity contribution in [1.82, 2.24) is 0 Å².